The molecule has 0 aliphatic heterocycles. The van der Waals surface area contributed by atoms with Crippen LogP contribution < -0.4 is 11.3 Å². The van der Waals surface area contributed by atoms with Gasteiger partial charge in [-0.15, -0.1) is 5.10 Å². The van der Waals surface area contributed by atoms with Crippen LogP contribution in [-0.2, 0) is 6.54 Å². The van der Waals surface area contributed by atoms with Gasteiger partial charge in [-0.1, -0.05) is 5.21 Å². The smallest absolute Gasteiger partial charge is 0.265 e. The maximum atomic E-state index is 11.2. The predicted octanol–water partition coefficient (Wildman–Crippen LogP) is 0.0547. The van der Waals surface area contributed by atoms with Gasteiger partial charge in [0.25, 0.3) is 5.91 Å². The SMILES string of the molecule is CCn1nnc2cc(C(=O)NN)ccc21. The molecule has 0 unspecified atom stereocenters. The van der Waals surface area contributed by atoms with Gasteiger partial charge in [0, 0.05) is 12.1 Å². The number of rotatable bonds is 2. The molecule has 0 atom stereocenters. The molecule has 6 nitrogen and oxygen atoms in total. The molecule has 1 amide bonds. The number of nitrogens with zero attached hydrogens (tertiary/aromatic N) is 3. The van der Waals surface area contributed by atoms with E-state index < -0.39 is 0 Å². The highest BCUT2D eigenvalue weighted by Crippen LogP contribution is 2.13. The number of aromatic nitrogens is 3. The van der Waals surface area contributed by atoms with Gasteiger partial charge in [0.05, 0.1) is 5.52 Å². The summed E-state index contributed by atoms with van der Waals surface area (Å²) in [5.41, 5.74) is 4.15. The van der Waals surface area contributed by atoms with Crippen molar-refractivity contribution < 1.29 is 4.79 Å². The Labute approximate surface area is 86.0 Å². The minimum absolute atomic E-state index is 0.331. The highest BCUT2D eigenvalue weighted by atomic mass is 16.2. The summed E-state index contributed by atoms with van der Waals surface area (Å²) in [4.78, 5) is 11.2. The topological polar surface area (TPSA) is 85.8 Å². The van der Waals surface area contributed by atoms with Crippen LogP contribution in [-0.4, -0.2) is 20.9 Å². The van der Waals surface area contributed by atoms with E-state index in [4.69, 9.17) is 5.84 Å². The van der Waals surface area contributed by atoms with Crippen LogP contribution in [0.4, 0.5) is 0 Å². The second kappa shape index (κ2) is 3.66. The molecular weight excluding hydrogens is 194 g/mol. The fraction of sp³-hybridized carbons (Fsp3) is 0.222. The monoisotopic (exact) mass is 205 g/mol. The van der Waals surface area contributed by atoms with Crippen molar-refractivity contribution >= 4 is 16.9 Å². The first-order valence-corrected chi connectivity index (χ1v) is 4.60. The largest absolute Gasteiger partial charge is 0.290 e. The molecule has 0 aliphatic rings. The first-order chi connectivity index (χ1) is 7.26. The third-order valence-corrected chi connectivity index (χ3v) is 2.21. The Hall–Kier alpha value is -1.95. The Morgan fingerprint density at radius 3 is 3.07 bits per heavy atom. The summed E-state index contributed by atoms with van der Waals surface area (Å²) in [5, 5.41) is 7.90. The molecule has 2 rings (SSSR count). The van der Waals surface area contributed by atoms with Crippen molar-refractivity contribution in [2.75, 3.05) is 0 Å². The molecule has 0 radical (unpaired) electrons. The maximum absolute atomic E-state index is 11.2. The summed E-state index contributed by atoms with van der Waals surface area (Å²) in [6, 6.07) is 5.17. The van der Waals surface area contributed by atoms with E-state index in [9.17, 15) is 4.79 Å². The van der Waals surface area contributed by atoms with Gasteiger partial charge in [-0.05, 0) is 25.1 Å². The summed E-state index contributed by atoms with van der Waals surface area (Å²) in [6.45, 7) is 2.73. The zero-order valence-electron chi connectivity index (χ0n) is 8.27. The lowest BCUT2D eigenvalue weighted by molar-refractivity contribution is 0.0954. The fourth-order valence-corrected chi connectivity index (χ4v) is 1.43. The number of hydrogen-bond acceptors (Lipinski definition) is 4. The predicted molar refractivity (Wildman–Crippen MR) is 54.9 cm³/mol. The van der Waals surface area contributed by atoms with Gasteiger partial charge in [0.2, 0.25) is 0 Å². The highest BCUT2D eigenvalue weighted by molar-refractivity contribution is 5.96. The molecule has 1 aromatic carbocycles. The molecule has 3 N–H and O–H groups in total. The van der Waals surface area contributed by atoms with Crippen LogP contribution in [0.15, 0.2) is 18.2 Å². The van der Waals surface area contributed by atoms with Crippen LogP contribution in [0.25, 0.3) is 11.0 Å². The lowest BCUT2D eigenvalue weighted by Crippen LogP contribution is -2.29. The van der Waals surface area contributed by atoms with Gasteiger partial charge < -0.3 is 0 Å². The van der Waals surface area contributed by atoms with E-state index in [0.29, 0.717) is 11.1 Å². The average Bonchev–Trinajstić information content (AvgIpc) is 2.69. The summed E-state index contributed by atoms with van der Waals surface area (Å²) in [5.74, 6) is 4.71. The first-order valence-electron chi connectivity index (χ1n) is 4.60. The maximum Gasteiger partial charge on any atom is 0.265 e. The summed E-state index contributed by atoms with van der Waals surface area (Å²) in [7, 11) is 0. The number of nitrogens with one attached hydrogen (secondary N) is 1. The minimum atomic E-state index is -0.331. The van der Waals surface area contributed by atoms with Gasteiger partial charge in [-0.25, -0.2) is 10.5 Å². The molecule has 15 heavy (non-hydrogen) atoms. The fourth-order valence-electron chi connectivity index (χ4n) is 1.43. The quantitative estimate of drug-likeness (QED) is 0.412. The normalized spacial score (nSPS) is 10.5. The van der Waals surface area contributed by atoms with Gasteiger partial charge >= 0.3 is 0 Å². The van der Waals surface area contributed by atoms with Crippen LogP contribution in [0, 0.1) is 0 Å². The van der Waals surface area contributed by atoms with Crippen molar-refractivity contribution in [3.63, 3.8) is 0 Å². The molecule has 0 fully saturated rings. The Kier molecular flexibility index (Phi) is 2.34. The Bertz CT molecular complexity index is 504. The molecule has 1 heterocycles. The van der Waals surface area contributed by atoms with E-state index in [-0.39, 0.29) is 5.91 Å². The number of benzene rings is 1. The first kappa shape index (κ1) is 9.60. The van der Waals surface area contributed by atoms with Crippen LogP contribution in [0.1, 0.15) is 17.3 Å². The number of hydrazine groups is 1. The number of nitrogen functional groups attached to an aromatic ring is 1. The molecular formula is C9H11N5O. The Morgan fingerprint density at radius 1 is 1.60 bits per heavy atom. The van der Waals surface area contributed by atoms with Crippen LogP contribution in [0.5, 0.6) is 0 Å². The minimum Gasteiger partial charge on any atom is -0.290 e. The summed E-state index contributed by atoms with van der Waals surface area (Å²) in [6.07, 6.45) is 0. The van der Waals surface area contributed by atoms with Crippen molar-refractivity contribution in [1.82, 2.24) is 20.4 Å². The van der Waals surface area contributed by atoms with Gasteiger partial charge in [-0.3, -0.25) is 10.2 Å². The molecule has 2 aromatic rings. The third-order valence-electron chi connectivity index (χ3n) is 2.21. The average molecular weight is 205 g/mol. The molecule has 0 bridgehead atoms. The van der Waals surface area contributed by atoms with Crippen molar-refractivity contribution in [1.29, 1.82) is 0 Å². The summed E-state index contributed by atoms with van der Waals surface area (Å²) >= 11 is 0. The molecule has 0 spiro atoms. The van der Waals surface area contributed by atoms with Crippen molar-refractivity contribution in [2.45, 2.75) is 13.5 Å². The van der Waals surface area contributed by atoms with Crippen LogP contribution in [0.2, 0.25) is 0 Å². The third kappa shape index (κ3) is 1.55. The zero-order chi connectivity index (χ0) is 10.8. The van der Waals surface area contributed by atoms with Crippen molar-refractivity contribution in [3.8, 4) is 0 Å². The lowest BCUT2D eigenvalue weighted by atomic mass is 10.2. The molecule has 1 aromatic heterocycles. The molecule has 6 heteroatoms. The highest BCUT2D eigenvalue weighted by Gasteiger charge is 2.07. The summed E-state index contributed by atoms with van der Waals surface area (Å²) < 4.78 is 1.76. The van der Waals surface area contributed by atoms with E-state index in [1.54, 1.807) is 16.8 Å². The molecule has 78 valence electrons. The van der Waals surface area contributed by atoms with E-state index in [2.05, 4.69) is 15.7 Å². The standard InChI is InChI=1S/C9H11N5O/c1-2-14-8-4-3-6(9(15)11-10)5-7(8)12-13-14/h3-5H,2,10H2,1H3,(H,11,15). The molecule has 0 aliphatic carbocycles. The second-order valence-electron chi connectivity index (χ2n) is 3.08. The van der Waals surface area contributed by atoms with Gasteiger partial charge in [-0.2, -0.15) is 0 Å². The van der Waals surface area contributed by atoms with Crippen LogP contribution in [0.3, 0.4) is 0 Å². The van der Waals surface area contributed by atoms with E-state index in [1.165, 1.54) is 0 Å². The number of amides is 1. The number of fused-ring (bicyclic) bond motifs is 1. The number of carbonyl (C=O) groups is 1. The number of aryl methyl sites for hydroxylation is 1. The van der Waals surface area contributed by atoms with E-state index in [0.717, 1.165) is 12.1 Å². The number of carbonyl (C=O) groups excluding carboxylic acids is 1. The van der Waals surface area contributed by atoms with Crippen molar-refractivity contribution in [3.05, 3.63) is 23.8 Å². The zero-order valence-corrected chi connectivity index (χ0v) is 8.27. The lowest BCUT2D eigenvalue weighted by Gasteiger charge is -1.99. The van der Waals surface area contributed by atoms with Crippen molar-refractivity contribution in [2.24, 2.45) is 5.84 Å². The van der Waals surface area contributed by atoms with E-state index in [1.807, 2.05) is 13.0 Å². The molecule has 0 saturated carbocycles. The number of hydrogen-bond donors (Lipinski definition) is 2. The number of nitrogens with two attached hydrogens (primary N) is 1. The van der Waals surface area contributed by atoms with Crippen LogP contribution >= 0.6 is 0 Å². The Morgan fingerprint density at radius 2 is 2.40 bits per heavy atom. The van der Waals surface area contributed by atoms with E-state index >= 15 is 0 Å². The van der Waals surface area contributed by atoms with Gasteiger partial charge in [0.1, 0.15) is 5.52 Å². The second-order valence-corrected chi connectivity index (χ2v) is 3.08. The van der Waals surface area contributed by atoms with Gasteiger partial charge in [0.15, 0.2) is 0 Å². The Balaban J connectivity index is 2.53. The molecule has 0 saturated heterocycles.